The second-order valence-corrected chi connectivity index (χ2v) is 4.10. The molecule has 2 heterocycles. The van der Waals surface area contributed by atoms with E-state index in [2.05, 4.69) is 37.5 Å². The van der Waals surface area contributed by atoms with Gasteiger partial charge in [-0.05, 0) is 6.42 Å². The van der Waals surface area contributed by atoms with E-state index in [4.69, 9.17) is 4.74 Å². The molecule has 0 aliphatic heterocycles. The third-order valence-corrected chi connectivity index (χ3v) is 2.48. The summed E-state index contributed by atoms with van der Waals surface area (Å²) in [5.41, 5.74) is 0. The number of hydrogen-bond acceptors (Lipinski definition) is 7. The van der Waals surface area contributed by atoms with Gasteiger partial charge in [0, 0.05) is 32.6 Å². The number of nitrogens with zero attached hydrogens (tertiary/aromatic N) is 5. The molecule has 0 saturated heterocycles. The van der Waals surface area contributed by atoms with E-state index in [-0.39, 0.29) is 0 Å². The van der Waals surface area contributed by atoms with E-state index >= 15 is 0 Å². The summed E-state index contributed by atoms with van der Waals surface area (Å²) in [6.07, 6.45) is 6.12. The lowest BCUT2D eigenvalue weighted by atomic mass is 10.5. The molecule has 8 nitrogen and oxygen atoms in total. The van der Waals surface area contributed by atoms with Crippen molar-refractivity contribution in [1.82, 2.24) is 24.5 Å². The van der Waals surface area contributed by atoms with Crippen LogP contribution >= 0.6 is 0 Å². The molecule has 0 saturated carbocycles. The monoisotopic (exact) mass is 277 g/mol. The largest absolute Gasteiger partial charge is 0.383 e. The molecule has 0 aliphatic carbocycles. The van der Waals surface area contributed by atoms with Gasteiger partial charge in [-0.2, -0.15) is 15.0 Å². The van der Waals surface area contributed by atoms with Gasteiger partial charge in [0.25, 0.3) is 0 Å². The SMILES string of the molecule is CCCNc1nc(NCCOC)nc(-n2ccnc2)n1. The van der Waals surface area contributed by atoms with Crippen LogP contribution in [0.25, 0.3) is 5.95 Å². The second-order valence-electron chi connectivity index (χ2n) is 4.10. The number of hydrogen-bond donors (Lipinski definition) is 2. The molecule has 2 N–H and O–H groups in total. The lowest BCUT2D eigenvalue weighted by molar-refractivity contribution is 0.210. The zero-order valence-electron chi connectivity index (χ0n) is 11.7. The molecule has 0 fully saturated rings. The molecule has 8 heteroatoms. The molecular formula is C12H19N7O. The molecular weight excluding hydrogens is 258 g/mol. The Hall–Kier alpha value is -2.22. The first-order valence-corrected chi connectivity index (χ1v) is 6.54. The highest BCUT2D eigenvalue weighted by Gasteiger charge is 2.07. The first kappa shape index (κ1) is 14.2. The molecule has 2 aromatic heterocycles. The molecule has 0 amide bonds. The van der Waals surface area contributed by atoms with E-state index in [0.29, 0.717) is 31.0 Å². The third-order valence-electron chi connectivity index (χ3n) is 2.48. The van der Waals surface area contributed by atoms with Crippen LogP contribution < -0.4 is 10.6 Å². The van der Waals surface area contributed by atoms with Crippen molar-refractivity contribution >= 4 is 11.9 Å². The molecule has 20 heavy (non-hydrogen) atoms. The number of aromatic nitrogens is 5. The average Bonchev–Trinajstić information content (AvgIpc) is 2.99. The summed E-state index contributed by atoms with van der Waals surface area (Å²) in [6, 6.07) is 0. The first-order valence-electron chi connectivity index (χ1n) is 6.54. The van der Waals surface area contributed by atoms with Crippen LogP contribution in [-0.2, 0) is 4.74 Å². The summed E-state index contributed by atoms with van der Waals surface area (Å²) in [6.45, 7) is 4.12. The van der Waals surface area contributed by atoms with Gasteiger partial charge in [-0.15, -0.1) is 0 Å². The zero-order chi connectivity index (χ0) is 14.2. The quantitative estimate of drug-likeness (QED) is 0.694. The molecule has 0 radical (unpaired) electrons. The Balaban J connectivity index is 2.19. The summed E-state index contributed by atoms with van der Waals surface area (Å²) in [7, 11) is 1.65. The van der Waals surface area contributed by atoms with Gasteiger partial charge in [-0.3, -0.25) is 4.57 Å². The van der Waals surface area contributed by atoms with E-state index in [1.165, 1.54) is 0 Å². The second kappa shape index (κ2) is 7.39. The molecule has 2 rings (SSSR count). The van der Waals surface area contributed by atoms with E-state index in [0.717, 1.165) is 13.0 Å². The summed E-state index contributed by atoms with van der Waals surface area (Å²) >= 11 is 0. The van der Waals surface area contributed by atoms with Crippen LogP contribution in [0.2, 0.25) is 0 Å². The Labute approximate surface area is 117 Å². The van der Waals surface area contributed by atoms with Crippen LogP contribution in [0.15, 0.2) is 18.7 Å². The fourth-order valence-corrected chi connectivity index (χ4v) is 1.52. The summed E-state index contributed by atoms with van der Waals surface area (Å²) in [5.74, 6) is 1.58. The topological polar surface area (TPSA) is 89.8 Å². The van der Waals surface area contributed by atoms with Crippen LogP contribution in [0, 0.1) is 0 Å². The van der Waals surface area contributed by atoms with Crippen molar-refractivity contribution in [2.24, 2.45) is 0 Å². The van der Waals surface area contributed by atoms with Crippen LogP contribution in [0.3, 0.4) is 0 Å². The molecule has 0 bridgehead atoms. The highest BCUT2D eigenvalue weighted by Crippen LogP contribution is 2.09. The van der Waals surface area contributed by atoms with Gasteiger partial charge in [0.05, 0.1) is 6.61 Å². The third kappa shape index (κ3) is 3.89. The maximum atomic E-state index is 5.00. The van der Waals surface area contributed by atoms with E-state index in [1.54, 1.807) is 30.4 Å². The van der Waals surface area contributed by atoms with Crippen molar-refractivity contribution in [1.29, 1.82) is 0 Å². The van der Waals surface area contributed by atoms with E-state index in [1.807, 2.05) is 0 Å². The van der Waals surface area contributed by atoms with Crippen LogP contribution in [0.5, 0.6) is 0 Å². The maximum Gasteiger partial charge on any atom is 0.241 e. The molecule has 0 aromatic carbocycles. The van der Waals surface area contributed by atoms with E-state index in [9.17, 15) is 0 Å². The highest BCUT2D eigenvalue weighted by atomic mass is 16.5. The Morgan fingerprint density at radius 3 is 2.50 bits per heavy atom. The number of rotatable bonds is 8. The van der Waals surface area contributed by atoms with Crippen molar-refractivity contribution in [2.45, 2.75) is 13.3 Å². The predicted molar refractivity (Wildman–Crippen MR) is 76.1 cm³/mol. The average molecular weight is 277 g/mol. The van der Waals surface area contributed by atoms with E-state index < -0.39 is 0 Å². The molecule has 0 spiro atoms. The number of nitrogens with one attached hydrogen (secondary N) is 2. The molecule has 108 valence electrons. The van der Waals surface area contributed by atoms with Crippen molar-refractivity contribution in [3.8, 4) is 5.95 Å². The zero-order valence-corrected chi connectivity index (χ0v) is 11.7. The maximum absolute atomic E-state index is 5.00. The van der Waals surface area contributed by atoms with Crippen molar-refractivity contribution < 1.29 is 4.74 Å². The van der Waals surface area contributed by atoms with Gasteiger partial charge in [0.15, 0.2) is 0 Å². The van der Waals surface area contributed by atoms with Gasteiger partial charge < -0.3 is 15.4 Å². The minimum absolute atomic E-state index is 0.513. The van der Waals surface area contributed by atoms with Gasteiger partial charge >= 0.3 is 0 Å². The molecule has 0 unspecified atom stereocenters. The van der Waals surface area contributed by atoms with Gasteiger partial charge in [0.1, 0.15) is 6.33 Å². The Kier molecular flexibility index (Phi) is 5.24. The van der Waals surface area contributed by atoms with Gasteiger partial charge in [0.2, 0.25) is 17.8 Å². The number of anilines is 2. The van der Waals surface area contributed by atoms with Crippen LogP contribution in [0.4, 0.5) is 11.9 Å². The van der Waals surface area contributed by atoms with Crippen LogP contribution in [0.1, 0.15) is 13.3 Å². The lowest BCUT2D eigenvalue weighted by Gasteiger charge is -2.09. The Bertz CT molecular complexity index is 515. The molecule has 0 atom stereocenters. The predicted octanol–water partition coefficient (Wildman–Crippen LogP) is 0.937. The minimum Gasteiger partial charge on any atom is -0.383 e. The lowest BCUT2D eigenvalue weighted by Crippen LogP contribution is -2.15. The Morgan fingerprint density at radius 1 is 1.15 bits per heavy atom. The Morgan fingerprint density at radius 2 is 1.90 bits per heavy atom. The molecule has 2 aromatic rings. The summed E-state index contributed by atoms with van der Waals surface area (Å²) < 4.78 is 6.73. The summed E-state index contributed by atoms with van der Waals surface area (Å²) in [4.78, 5) is 17.0. The first-order chi connectivity index (χ1) is 9.83. The minimum atomic E-state index is 0.513. The summed E-state index contributed by atoms with van der Waals surface area (Å²) in [5, 5.41) is 6.26. The highest BCUT2D eigenvalue weighted by molar-refractivity contribution is 5.37. The fourth-order valence-electron chi connectivity index (χ4n) is 1.52. The number of ether oxygens (including phenoxy) is 1. The number of imidazole rings is 1. The fraction of sp³-hybridized carbons (Fsp3) is 0.500. The van der Waals surface area contributed by atoms with Crippen molar-refractivity contribution in [2.75, 3.05) is 37.4 Å². The standard InChI is InChI=1S/C12H19N7O/c1-3-4-14-10-16-11(15-6-8-20-2)18-12(17-10)19-7-5-13-9-19/h5,7,9H,3-4,6,8H2,1-2H3,(H2,14,15,16,17,18). The normalized spacial score (nSPS) is 10.5. The van der Waals surface area contributed by atoms with Gasteiger partial charge in [-0.25, -0.2) is 4.98 Å². The van der Waals surface area contributed by atoms with Crippen molar-refractivity contribution in [3.05, 3.63) is 18.7 Å². The van der Waals surface area contributed by atoms with Gasteiger partial charge in [-0.1, -0.05) is 6.92 Å². The van der Waals surface area contributed by atoms with Crippen molar-refractivity contribution in [3.63, 3.8) is 0 Å². The number of methoxy groups -OCH3 is 1. The smallest absolute Gasteiger partial charge is 0.241 e. The molecule has 0 aliphatic rings. The van der Waals surface area contributed by atoms with Crippen LogP contribution in [-0.4, -0.2) is 51.3 Å².